The highest BCUT2D eigenvalue weighted by Crippen LogP contribution is 2.26. The van der Waals surface area contributed by atoms with Gasteiger partial charge in [0.2, 0.25) is 0 Å². The summed E-state index contributed by atoms with van der Waals surface area (Å²) in [6, 6.07) is 5.96. The normalized spacial score (nSPS) is 15.5. The molecule has 0 amide bonds. The monoisotopic (exact) mass is 271 g/mol. The number of nitrogens with zero attached hydrogens (tertiary/aromatic N) is 3. The molecule has 1 heterocycles. The largest absolute Gasteiger partial charge is 0.494 e. The van der Waals surface area contributed by atoms with Crippen LogP contribution in [0.2, 0.25) is 0 Å². The van der Waals surface area contributed by atoms with Crippen molar-refractivity contribution in [1.29, 1.82) is 0 Å². The Kier molecular flexibility index (Phi) is 3.67. The Balaban J connectivity index is 1.54. The Labute approximate surface area is 117 Å². The van der Waals surface area contributed by atoms with Crippen LogP contribution < -0.4 is 4.74 Å². The van der Waals surface area contributed by atoms with Crippen LogP contribution in [0.5, 0.6) is 5.75 Å². The van der Waals surface area contributed by atoms with Gasteiger partial charge in [0, 0.05) is 24.5 Å². The second-order valence-corrected chi connectivity index (χ2v) is 4.87. The first-order chi connectivity index (χ1) is 9.86. The maximum Gasteiger partial charge on any atom is 0.119 e. The fourth-order valence-electron chi connectivity index (χ4n) is 2.50. The third kappa shape index (κ3) is 2.66. The molecule has 0 aliphatic heterocycles. The highest BCUT2D eigenvalue weighted by atomic mass is 16.5. The molecule has 5 nitrogen and oxygen atoms in total. The van der Waals surface area contributed by atoms with Gasteiger partial charge < -0.3 is 14.5 Å². The Bertz CT molecular complexity index is 606. The number of ether oxygens (including phenoxy) is 1. The number of aromatic nitrogens is 2. The number of aryl methyl sites for hydroxylation is 2. The summed E-state index contributed by atoms with van der Waals surface area (Å²) in [4.78, 5) is 4.00. The molecule has 1 N–H and O–H groups in total. The van der Waals surface area contributed by atoms with Gasteiger partial charge in [-0.2, -0.15) is 0 Å². The van der Waals surface area contributed by atoms with Crippen LogP contribution in [0.3, 0.4) is 0 Å². The molecular formula is C15H17N3O2. The molecule has 0 unspecified atom stereocenters. The summed E-state index contributed by atoms with van der Waals surface area (Å²) in [5.41, 5.74) is 3.01. The maximum absolute atomic E-state index is 8.90. The molecule has 104 valence electrons. The van der Waals surface area contributed by atoms with E-state index in [9.17, 15) is 0 Å². The Hall–Kier alpha value is -2.30. The van der Waals surface area contributed by atoms with Crippen LogP contribution in [0.25, 0.3) is 0 Å². The third-order valence-electron chi connectivity index (χ3n) is 3.53. The van der Waals surface area contributed by atoms with Gasteiger partial charge in [-0.3, -0.25) is 0 Å². The summed E-state index contributed by atoms with van der Waals surface area (Å²) >= 11 is 0. The minimum Gasteiger partial charge on any atom is -0.494 e. The number of hydrogen-bond donors (Lipinski definition) is 1. The molecular weight excluding hydrogens is 254 g/mol. The molecule has 0 saturated heterocycles. The summed E-state index contributed by atoms with van der Waals surface area (Å²) in [7, 11) is 0. The van der Waals surface area contributed by atoms with E-state index in [0.29, 0.717) is 6.61 Å². The second-order valence-electron chi connectivity index (χ2n) is 4.87. The SMILES string of the molecule is O/N=C1/CCc2cc(OCCCn3ccnc3)ccc21. The lowest BCUT2D eigenvalue weighted by molar-refractivity contribution is 0.301. The van der Waals surface area contributed by atoms with Crippen molar-refractivity contribution in [3.63, 3.8) is 0 Å². The summed E-state index contributed by atoms with van der Waals surface area (Å²) in [6.07, 6.45) is 8.20. The predicted octanol–water partition coefficient (Wildman–Crippen LogP) is 2.48. The van der Waals surface area contributed by atoms with E-state index in [1.807, 2.05) is 35.3 Å². The van der Waals surface area contributed by atoms with Gasteiger partial charge in [-0.15, -0.1) is 0 Å². The molecule has 0 fully saturated rings. The molecule has 0 bridgehead atoms. The van der Waals surface area contributed by atoms with E-state index >= 15 is 0 Å². The van der Waals surface area contributed by atoms with Gasteiger partial charge >= 0.3 is 0 Å². The number of benzene rings is 1. The van der Waals surface area contributed by atoms with Crippen LogP contribution in [-0.2, 0) is 13.0 Å². The Morgan fingerprint density at radius 3 is 3.10 bits per heavy atom. The highest BCUT2D eigenvalue weighted by molar-refractivity contribution is 6.04. The zero-order valence-electron chi connectivity index (χ0n) is 11.2. The van der Waals surface area contributed by atoms with Gasteiger partial charge in [0.15, 0.2) is 0 Å². The van der Waals surface area contributed by atoms with Crippen molar-refractivity contribution in [2.75, 3.05) is 6.61 Å². The molecule has 20 heavy (non-hydrogen) atoms. The minimum atomic E-state index is 0.678. The molecule has 0 spiro atoms. The van der Waals surface area contributed by atoms with Crippen LogP contribution >= 0.6 is 0 Å². The lowest BCUT2D eigenvalue weighted by Gasteiger charge is -2.08. The van der Waals surface area contributed by atoms with Crippen molar-refractivity contribution >= 4 is 5.71 Å². The van der Waals surface area contributed by atoms with Gasteiger partial charge in [-0.05, 0) is 43.0 Å². The first kappa shape index (κ1) is 12.7. The molecule has 1 aromatic heterocycles. The molecule has 0 radical (unpaired) electrons. The average Bonchev–Trinajstić information content (AvgIpc) is 3.12. The van der Waals surface area contributed by atoms with Crippen molar-refractivity contribution in [3.8, 4) is 5.75 Å². The van der Waals surface area contributed by atoms with E-state index in [0.717, 1.165) is 42.8 Å². The van der Waals surface area contributed by atoms with Crippen LogP contribution in [-0.4, -0.2) is 27.1 Å². The fourth-order valence-corrected chi connectivity index (χ4v) is 2.50. The van der Waals surface area contributed by atoms with Crippen LogP contribution in [0.15, 0.2) is 42.1 Å². The molecule has 1 aliphatic carbocycles. The zero-order chi connectivity index (χ0) is 13.8. The number of hydrogen-bond acceptors (Lipinski definition) is 4. The molecule has 2 aromatic rings. The minimum absolute atomic E-state index is 0.678. The second kappa shape index (κ2) is 5.77. The Morgan fingerprint density at radius 1 is 1.35 bits per heavy atom. The standard InChI is InChI=1S/C15H17N3O2/c19-17-15-5-2-12-10-13(3-4-14(12)15)20-9-1-7-18-8-6-16-11-18/h3-4,6,8,10-11,19H,1-2,5,7,9H2/b17-15-. The smallest absolute Gasteiger partial charge is 0.119 e. The third-order valence-corrected chi connectivity index (χ3v) is 3.53. The fraction of sp³-hybridized carbons (Fsp3) is 0.333. The zero-order valence-corrected chi connectivity index (χ0v) is 11.2. The number of rotatable bonds is 5. The van der Waals surface area contributed by atoms with Crippen molar-refractivity contribution in [1.82, 2.24) is 9.55 Å². The quantitative estimate of drug-likeness (QED) is 0.516. The van der Waals surface area contributed by atoms with Gasteiger partial charge in [0.05, 0.1) is 18.6 Å². The van der Waals surface area contributed by atoms with Gasteiger partial charge in [0.1, 0.15) is 5.75 Å². The van der Waals surface area contributed by atoms with E-state index in [1.165, 1.54) is 5.56 Å². The number of oxime groups is 1. The molecule has 5 heteroatoms. The Morgan fingerprint density at radius 2 is 2.30 bits per heavy atom. The summed E-state index contributed by atoms with van der Waals surface area (Å²) < 4.78 is 7.80. The van der Waals surface area contributed by atoms with Crippen LogP contribution in [0.1, 0.15) is 24.0 Å². The van der Waals surface area contributed by atoms with Crippen LogP contribution in [0.4, 0.5) is 0 Å². The summed E-state index contributed by atoms with van der Waals surface area (Å²) in [6.45, 7) is 1.59. The van der Waals surface area contributed by atoms with Gasteiger partial charge in [-0.25, -0.2) is 4.98 Å². The van der Waals surface area contributed by atoms with E-state index < -0.39 is 0 Å². The lowest BCUT2D eigenvalue weighted by Crippen LogP contribution is -2.03. The first-order valence-electron chi connectivity index (χ1n) is 6.79. The predicted molar refractivity (Wildman–Crippen MR) is 75.4 cm³/mol. The van der Waals surface area contributed by atoms with E-state index in [2.05, 4.69) is 10.1 Å². The van der Waals surface area contributed by atoms with Crippen molar-refractivity contribution in [2.24, 2.45) is 5.16 Å². The van der Waals surface area contributed by atoms with Crippen molar-refractivity contribution < 1.29 is 9.94 Å². The molecule has 1 aromatic carbocycles. The highest BCUT2D eigenvalue weighted by Gasteiger charge is 2.18. The number of fused-ring (bicyclic) bond motifs is 1. The van der Waals surface area contributed by atoms with Crippen LogP contribution in [0, 0.1) is 0 Å². The lowest BCUT2D eigenvalue weighted by atomic mass is 10.1. The van der Waals surface area contributed by atoms with E-state index in [4.69, 9.17) is 9.94 Å². The molecule has 3 rings (SSSR count). The van der Waals surface area contributed by atoms with Crippen molar-refractivity contribution in [2.45, 2.75) is 25.8 Å². The first-order valence-corrected chi connectivity index (χ1v) is 6.79. The summed E-state index contributed by atoms with van der Waals surface area (Å²) in [5, 5.41) is 12.2. The summed E-state index contributed by atoms with van der Waals surface area (Å²) in [5.74, 6) is 0.883. The molecule has 1 aliphatic rings. The average molecular weight is 271 g/mol. The van der Waals surface area contributed by atoms with E-state index in [-0.39, 0.29) is 0 Å². The van der Waals surface area contributed by atoms with Crippen molar-refractivity contribution in [3.05, 3.63) is 48.0 Å². The van der Waals surface area contributed by atoms with Gasteiger partial charge in [0.25, 0.3) is 0 Å². The topological polar surface area (TPSA) is 59.6 Å². The molecule has 0 atom stereocenters. The number of imidazole rings is 1. The van der Waals surface area contributed by atoms with Gasteiger partial charge in [-0.1, -0.05) is 5.16 Å². The maximum atomic E-state index is 8.90. The van der Waals surface area contributed by atoms with E-state index in [1.54, 1.807) is 6.20 Å². The molecule has 0 saturated carbocycles.